The number of amides is 1. The maximum atomic E-state index is 12.6. The summed E-state index contributed by atoms with van der Waals surface area (Å²) in [6.45, 7) is 0.511. The number of thioether (sulfide) groups is 1. The fourth-order valence-corrected chi connectivity index (χ4v) is 4.67. The van der Waals surface area contributed by atoms with Gasteiger partial charge >= 0.3 is 0 Å². The van der Waals surface area contributed by atoms with Gasteiger partial charge in [-0.25, -0.2) is 9.97 Å². The van der Waals surface area contributed by atoms with E-state index in [1.165, 1.54) is 11.8 Å². The highest BCUT2D eigenvalue weighted by Crippen LogP contribution is 2.28. The van der Waals surface area contributed by atoms with Crippen molar-refractivity contribution in [3.8, 4) is 22.9 Å². The fraction of sp³-hybridized carbons (Fsp3) is 0.185. The van der Waals surface area contributed by atoms with Crippen LogP contribution >= 0.6 is 11.8 Å². The molecule has 2 aromatic heterocycles. The zero-order valence-electron chi connectivity index (χ0n) is 20.0. The van der Waals surface area contributed by atoms with Crippen molar-refractivity contribution in [2.75, 3.05) is 26.5 Å². The van der Waals surface area contributed by atoms with E-state index < -0.39 is 0 Å². The predicted octanol–water partition coefficient (Wildman–Crippen LogP) is 4.41. The van der Waals surface area contributed by atoms with Gasteiger partial charge in [-0.15, -0.1) is 5.10 Å². The zero-order valence-corrected chi connectivity index (χ0v) is 20.8. The minimum absolute atomic E-state index is 0.0769. The second kappa shape index (κ2) is 10.7. The molecule has 0 aliphatic carbocycles. The molecule has 0 saturated carbocycles. The van der Waals surface area contributed by atoms with Gasteiger partial charge in [-0.1, -0.05) is 60.3 Å². The molecule has 0 fully saturated rings. The Hall–Kier alpha value is -4.11. The number of carbonyl (C=O) groups is 1. The number of benzene rings is 3. The highest BCUT2D eigenvalue weighted by atomic mass is 32.2. The molecule has 5 aromatic rings. The fourth-order valence-electron chi connectivity index (χ4n) is 3.90. The number of para-hydroxylation sites is 1. The molecule has 0 aliphatic heterocycles. The van der Waals surface area contributed by atoms with Gasteiger partial charge in [0, 0.05) is 17.5 Å². The third-order valence-corrected chi connectivity index (χ3v) is 6.63. The molecule has 182 valence electrons. The van der Waals surface area contributed by atoms with E-state index in [4.69, 9.17) is 24.5 Å². The van der Waals surface area contributed by atoms with Crippen LogP contribution in [0.15, 0.2) is 78.0 Å². The molecular formula is C27H25N5O3S. The van der Waals surface area contributed by atoms with Crippen LogP contribution in [-0.2, 0) is 11.2 Å². The lowest BCUT2D eigenvalue weighted by atomic mass is 10.1. The molecule has 36 heavy (non-hydrogen) atoms. The van der Waals surface area contributed by atoms with Crippen LogP contribution in [0.1, 0.15) is 5.56 Å². The summed E-state index contributed by atoms with van der Waals surface area (Å²) in [6.07, 6.45) is 0.679. The van der Waals surface area contributed by atoms with Crippen LogP contribution in [0.3, 0.4) is 0 Å². The van der Waals surface area contributed by atoms with Crippen molar-refractivity contribution in [2.24, 2.45) is 0 Å². The first-order valence-electron chi connectivity index (χ1n) is 11.5. The maximum absolute atomic E-state index is 12.6. The number of rotatable bonds is 9. The number of nitrogens with one attached hydrogen (secondary N) is 1. The van der Waals surface area contributed by atoms with Gasteiger partial charge in [0.1, 0.15) is 0 Å². The Morgan fingerprint density at radius 3 is 2.53 bits per heavy atom. The Morgan fingerprint density at radius 1 is 0.944 bits per heavy atom. The number of ether oxygens (including phenoxy) is 2. The van der Waals surface area contributed by atoms with Crippen LogP contribution in [0.25, 0.3) is 27.9 Å². The van der Waals surface area contributed by atoms with Crippen molar-refractivity contribution >= 4 is 34.2 Å². The van der Waals surface area contributed by atoms with E-state index in [2.05, 4.69) is 5.32 Å². The van der Waals surface area contributed by atoms with Gasteiger partial charge in [0.15, 0.2) is 28.1 Å². The molecule has 0 atom stereocenters. The predicted molar refractivity (Wildman–Crippen MR) is 141 cm³/mol. The van der Waals surface area contributed by atoms with E-state index in [1.807, 2.05) is 72.8 Å². The van der Waals surface area contributed by atoms with Crippen molar-refractivity contribution in [1.82, 2.24) is 24.9 Å². The van der Waals surface area contributed by atoms with Crippen molar-refractivity contribution in [1.29, 1.82) is 0 Å². The summed E-state index contributed by atoms with van der Waals surface area (Å²) < 4.78 is 12.4. The highest BCUT2D eigenvalue weighted by molar-refractivity contribution is 7.99. The summed E-state index contributed by atoms with van der Waals surface area (Å²) >= 11 is 1.34. The van der Waals surface area contributed by atoms with Gasteiger partial charge in [0.05, 0.1) is 25.5 Å². The van der Waals surface area contributed by atoms with E-state index in [-0.39, 0.29) is 11.7 Å². The van der Waals surface area contributed by atoms with Crippen molar-refractivity contribution in [3.63, 3.8) is 0 Å². The lowest BCUT2D eigenvalue weighted by Crippen LogP contribution is -2.27. The van der Waals surface area contributed by atoms with Gasteiger partial charge in [0.2, 0.25) is 5.91 Å². The molecule has 1 amide bonds. The molecule has 2 heterocycles. The number of hydrogen-bond donors (Lipinski definition) is 1. The monoisotopic (exact) mass is 499 g/mol. The summed E-state index contributed by atoms with van der Waals surface area (Å²) in [6, 6.07) is 23.4. The topological polar surface area (TPSA) is 90.6 Å². The molecule has 5 rings (SSSR count). The Bertz CT molecular complexity index is 1520. The van der Waals surface area contributed by atoms with Gasteiger partial charge < -0.3 is 14.8 Å². The van der Waals surface area contributed by atoms with E-state index in [0.29, 0.717) is 35.4 Å². The number of carbonyl (C=O) groups excluding carboxylic acids is 1. The number of fused-ring (bicyclic) bond motifs is 3. The Balaban J connectivity index is 1.29. The minimum atomic E-state index is -0.0769. The van der Waals surface area contributed by atoms with Crippen LogP contribution in [0.2, 0.25) is 0 Å². The third-order valence-electron chi connectivity index (χ3n) is 5.70. The van der Waals surface area contributed by atoms with E-state index in [0.717, 1.165) is 27.7 Å². The molecular weight excluding hydrogens is 474 g/mol. The molecule has 0 unspecified atom stereocenters. The highest BCUT2D eigenvalue weighted by Gasteiger charge is 2.16. The first kappa shape index (κ1) is 23.6. The normalized spacial score (nSPS) is 11.1. The number of methoxy groups -OCH3 is 2. The third kappa shape index (κ3) is 4.96. The Kier molecular flexibility index (Phi) is 6.99. The quantitative estimate of drug-likeness (QED) is 0.237. The zero-order chi connectivity index (χ0) is 24.9. The summed E-state index contributed by atoms with van der Waals surface area (Å²) in [5, 5.41) is 9.22. The standard InChI is InChI=1S/C27H25N5O3S/c1-34-22-13-12-18(16-23(22)35-2)14-15-28-24(33)17-36-27-29-21-11-7-6-10-20(21)26-30-25(31-32(26)27)19-8-4-3-5-9-19/h3-13,16H,14-15,17H2,1-2H3,(H,28,33). The SMILES string of the molecule is COc1ccc(CCNC(=O)CSc2nc3ccccc3c3nc(-c4ccccc4)nn23)cc1OC. The number of hydrogen-bond acceptors (Lipinski definition) is 7. The lowest BCUT2D eigenvalue weighted by molar-refractivity contribution is -0.118. The van der Waals surface area contributed by atoms with Gasteiger partial charge in [0.25, 0.3) is 0 Å². The first-order chi connectivity index (χ1) is 17.7. The molecule has 3 aromatic carbocycles. The number of aromatic nitrogens is 4. The smallest absolute Gasteiger partial charge is 0.230 e. The van der Waals surface area contributed by atoms with Crippen molar-refractivity contribution in [2.45, 2.75) is 11.6 Å². The van der Waals surface area contributed by atoms with Gasteiger partial charge in [-0.2, -0.15) is 4.52 Å². The summed E-state index contributed by atoms with van der Waals surface area (Å²) in [5.74, 6) is 2.11. The molecule has 8 nitrogen and oxygen atoms in total. The van der Waals surface area contributed by atoms with Crippen LogP contribution in [-0.4, -0.2) is 52.0 Å². The first-order valence-corrected chi connectivity index (χ1v) is 12.5. The molecule has 0 saturated heterocycles. The van der Waals surface area contributed by atoms with Crippen molar-refractivity contribution < 1.29 is 14.3 Å². The molecule has 9 heteroatoms. The molecule has 0 spiro atoms. The second-order valence-electron chi connectivity index (χ2n) is 8.03. The summed E-state index contributed by atoms with van der Waals surface area (Å²) in [5.41, 5.74) is 3.51. The van der Waals surface area contributed by atoms with Crippen LogP contribution in [0.4, 0.5) is 0 Å². The van der Waals surface area contributed by atoms with E-state index in [1.54, 1.807) is 18.7 Å². The summed E-state index contributed by atoms with van der Waals surface area (Å²) in [4.78, 5) is 22.2. The molecule has 0 aliphatic rings. The van der Waals surface area contributed by atoms with Crippen LogP contribution in [0, 0.1) is 0 Å². The second-order valence-corrected chi connectivity index (χ2v) is 8.97. The molecule has 0 bridgehead atoms. The lowest BCUT2D eigenvalue weighted by Gasteiger charge is -2.10. The van der Waals surface area contributed by atoms with Gasteiger partial charge in [-0.05, 0) is 36.2 Å². The van der Waals surface area contributed by atoms with E-state index in [9.17, 15) is 4.79 Å². The maximum Gasteiger partial charge on any atom is 0.230 e. The Morgan fingerprint density at radius 2 is 1.72 bits per heavy atom. The largest absolute Gasteiger partial charge is 0.493 e. The Labute approximate surface area is 212 Å². The number of nitrogens with zero attached hydrogens (tertiary/aromatic N) is 4. The minimum Gasteiger partial charge on any atom is -0.493 e. The average Bonchev–Trinajstić information content (AvgIpc) is 3.38. The van der Waals surface area contributed by atoms with Crippen LogP contribution < -0.4 is 14.8 Å². The molecule has 1 N–H and O–H groups in total. The van der Waals surface area contributed by atoms with Crippen LogP contribution in [0.5, 0.6) is 11.5 Å². The summed E-state index contributed by atoms with van der Waals surface area (Å²) in [7, 11) is 3.21. The van der Waals surface area contributed by atoms with E-state index >= 15 is 0 Å². The van der Waals surface area contributed by atoms with Gasteiger partial charge in [-0.3, -0.25) is 4.79 Å². The molecule has 0 radical (unpaired) electrons. The van der Waals surface area contributed by atoms with Crippen molar-refractivity contribution in [3.05, 3.63) is 78.4 Å². The average molecular weight is 500 g/mol.